The molecule has 1 aliphatic heterocycles. The zero-order valence-electron chi connectivity index (χ0n) is 5.58. The molecule has 52 valence electrons. The van der Waals surface area contributed by atoms with Gasteiger partial charge < -0.3 is 10.0 Å². The zero-order valence-corrected chi connectivity index (χ0v) is 5.58. The summed E-state index contributed by atoms with van der Waals surface area (Å²) in [6, 6.07) is 0. The Morgan fingerprint density at radius 2 is 2.44 bits per heavy atom. The molecule has 0 aliphatic carbocycles. The van der Waals surface area contributed by atoms with Gasteiger partial charge in [0, 0.05) is 13.1 Å². The lowest BCUT2D eigenvalue weighted by Crippen LogP contribution is -2.24. The lowest BCUT2D eigenvalue weighted by molar-refractivity contribution is 0.231. The summed E-state index contributed by atoms with van der Waals surface area (Å²) in [6.45, 7) is 2.16. The normalized spacial score (nSPS) is 18.6. The van der Waals surface area contributed by atoms with Crippen molar-refractivity contribution in [2.45, 2.75) is 12.8 Å². The van der Waals surface area contributed by atoms with E-state index < -0.39 is 0 Å². The third kappa shape index (κ3) is 2.06. The molecular formula is C7H13NO. The van der Waals surface area contributed by atoms with Gasteiger partial charge in [-0.3, -0.25) is 0 Å². The van der Waals surface area contributed by atoms with Gasteiger partial charge in [-0.25, -0.2) is 0 Å². The molecule has 0 saturated carbocycles. The summed E-state index contributed by atoms with van der Waals surface area (Å²) in [5.41, 5.74) is 0. The van der Waals surface area contributed by atoms with Crippen LogP contribution in [0.4, 0.5) is 0 Å². The van der Waals surface area contributed by atoms with E-state index >= 15 is 0 Å². The molecule has 0 saturated heterocycles. The first-order chi connectivity index (χ1) is 4.43. The Bertz CT molecular complexity index is 101. The molecule has 1 heterocycles. The van der Waals surface area contributed by atoms with E-state index in [0.717, 1.165) is 13.1 Å². The van der Waals surface area contributed by atoms with E-state index in [4.69, 9.17) is 5.11 Å². The third-order valence-corrected chi connectivity index (χ3v) is 1.52. The minimum atomic E-state index is 0.268. The number of nitrogens with zero attached hydrogens (tertiary/aromatic N) is 1. The van der Waals surface area contributed by atoms with Crippen LogP contribution in [0.5, 0.6) is 0 Å². The Kier molecular flexibility index (Phi) is 2.58. The molecule has 0 atom stereocenters. The summed E-state index contributed by atoms with van der Waals surface area (Å²) >= 11 is 0. The molecule has 0 unspecified atom stereocenters. The van der Waals surface area contributed by atoms with Crippen LogP contribution in [0.25, 0.3) is 0 Å². The van der Waals surface area contributed by atoms with E-state index in [2.05, 4.69) is 17.2 Å². The number of hydrogen-bond acceptors (Lipinski definition) is 2. The Labute approximate surface area is 55.8 Å². The SMILES string of the molecule is OCCN1C=CCCC1. The van der Waals surface area contributed by atoms with E-state index in [-0.39, 0.29) is 6.61 Å². The monoisotopic (exact) mass is 127 g/mol. The molecule has 0 spiro atoms. The summed E-state index contributed by atoms with van der Waals surface area (Å²) in [5, 5.41) is 8.54. The second kappa shape index (κ2) is 3.51. The molecule has 0 fully saturated rings. The van der Waals surface area contributed by atoms with Gasteiger partial charge in [-0.1, -0.05) is 6.08 Å². The lowest BCUT2D eigenvalue weighted by atomic mass is 10.2. The maximum absolute atomic E-state index is 8.54. The molecule has 0 aromatic rings. The van der Waals surface area contributed by atoms with Crippen LogP contribution in [0.3, 0.4) is 0 Å². The van der Waals surface area contributed by atoms with Crippen LogP contribution >= 0.6 is 0 Å². The van der Waals surface area contributed by atoms with Gasteiger partial charge in [0.25, 0.3) is 0 Å². The Balaban J connectivity index is 2.23. The fraction of sp³-hybridized carbons (Fsp3) is 0.714. The van der Waals surface area contributed by atoms with Crippen LogP contribution < -0.4 is 0 Å². The molecule has 0 radical (unpaired) electrons. The van der Waals surface area contributed by atoms with Crippen LogP contribution in [0, 0.1) is 0 Å². The first-order valence-electron chi connectivity index (χ1n) is 3.45. The molecule has 2 nitrogen and oxygen atoms in total. The van der Waals surface area contributed by atoms with Crippen molar-refractivity contribution < 1.29 is 5.11 Å². The van der Waals surface area contributed by atoms with E-state index in [9.17, 15) is 0 Å². The summed E-state index contributed by atoms with van der Waals surface area (Å²) in [6.07, 6.45) is 6.65. The fourth-order valence-electron chi connectivity index (χ4n) is 1.03. The highest BCUT2D eigenvalue weighted by Crippen LogP contribution is 2.03. The largest absolute Gasteiger partial charge is 0.395 e. The predicted octanol–water partition coefficient (Wildman–Crippen LogP) is 0.588. The Morgan fingerprint density at radius 3 is 3.00 bits per heavy atom. The van der Waals surface area contributed by atoms with Gasteiger partial charge in [0.2, 0.25) is 0 Å². The third-order valence-electron chi connectivity index (χ3n) is 1.52. The van der Waals surface area contributed by atoms with Crippen LogP contribution in [-0.4, -0.2) is 29.7 Å². The summed E-state index contributed by atoms with van der Waals surface area (Å²) in [7, 11) is 0. The highest BCUT2D eigenvalue weighted by atomic mass is 16.3. The summed E-state index contributed by atoms with van der Waals surface area (Å²) in [4.78, 5) is 2.14. The van der Waals surface area contributed by atoms with Crippen LogP contribution in [0.15, 0.2) is 12.3 Å². The molecule has 9 heavy (non-hydrogen) atoms. The maximum atomic E-state index is 8.54. The quantitative estimate of drug-likeness (QED) is 0.586. The minimum Gasteiger partial charge on any atom is -0.395 e. The van der Waals surface area contributed by atoms with E-state index in [0.29, 0.717) is 0 Å². The van der Waals surface area contributed by atoms with E-state index in [1.165, 1.54) is 12.8 Å². The van der Waals surface area contributed by atoms with Crippen molar-refractivity contribution in [3.63, 3.8) is 0 Å². The van der Waals surface area contributed by atoms with Crippen molar-refractivity contribution >= 4 is 0 Å². The topological polar surface area (TPSA) is 23.5 Å². The first-order valence-corrected chi connectivity index (χ1v) is 3.45. The van der Waals surface area contributed by atoms with Gasteiger partial charge in [-0.2, -0.15) is 0 Å². The number of β-amino-alcohol motifs (C(OH)–C–C–N with tert-alkyl or cyclic N) is 1. The van der Waals surface area contributed by atoms with Crippen molar-refractivity contribution in [3.05, 3.63) is 12.3 Å². The predicted molar refractivity (Wildman–Crippen MR) is 37.0 cm³/mol. The van der Waals surface area contributed by atoms with Gasteiger partial charge in [-0.05, 0) is 19.0 Å². The van der Waals surface area contributed by atoms with Gasteiger partial charge >= 0.3 is 0 Å². The molecule has 1 rings (SSSR count). The molecule has 0 bridgehead atoms. The van der Waals surface area contributed by atoms with Gasteiger partial charge in [-0.15, -0.1) is 0 Å². The first kappa shape index (κ1) is 6.62. The van der Waals surface area contributed by atoms with Crippen molar-refractivity contribution in [2.75, 3.05) is 19.7 Å². The maximum Gasteiger partial charge on any atom is 0.0606 e. The highest BCUT2D eigenvalue weighted by Gasteiger charge is 2.00. The van der Waals surface area contributed by atoms with Gasteiger partial charge in [0.05, 0.1) is 6.61 Å². The van der Waals surface area contributed by atoms with E-state index in [1.807, 2.05) is 0 Å². The second-order valence-corrected chi connectivity index (χ2v) is 2.29. The summed E-state index contributed by atoms with van der Waals surface area (Å²) in [5.74, 6) is 0. The number of hydrogen-bond donors (Lipinski definition) is 1. The number of aliphatic hydroxyl groups excluding tert-OH is 1. The average molecular weight is 127 g/mol. The Morgan fingerprint density at radius 1 is 1.56 bits per heavy atom. The molecule has 1 N–H and O–H groups in total. The highest BCUT2D eigenvalue weighted by molar-refractivity contribution is 4.87. The van der Waals surface area contributed by atoms with Crippen LogP contribution in [0.2, 0.25) is 0 Å². The molecule has 0 amide bonds. The zero-order chi connectivity index (χ0) is 6.53. The average Bonchev–Trinajstić information content (AvgIpc) is 1.91. The van der Waals surface area contributed by atoms with Gasteiger partial charge in [0.15, 0.2) is 0 Å². The fourth-order valence-corrected chi connectivity index (χ4v) is 1.03. The van der Waals surface area contributed by atoms with Crippen molar-refractivity contribution in [1.29, 1.82) is 0 Å². The second-order valence-electron chi connectivity index (χ2n) is 2.29. The smallest absolute Gasteiger partial charge is 0.0606 e. The molecule has 0 aromatic carbocycles. The van der Waals surface area contributed by atoms with Crippen LogP contribution in [0.1, 0.15) is 12.8 Å². The Hall–Kier alpha value is -0.500. The molecule has 0 aromatic heterocycles. The molecular weight excluding hydrogens is 114 g/mol. The van der Waals surface area contributed by atoms with Crippen molar-refractivity contribution in [2.24, 2.45) is 0 Å². The van der Waals surface area contributed by atoms with Crippen molar-refractivity contribution in [3.8, 4) is 0 Å². The number of allylic oxidation sites excluding steroid dienone is 1. The van der Waals surface area contributed by atoms with Crippen molar-refractivity contribution in [1.82, 2.24) is 4.90 Å². The molecule has 2 heteroatoms. The lowest BCUT2D eigenvalue weighted by Gasteiger charge is -2.21. The number of rotatable bonds is 2. The van der Waals surface area contributed by atoms with Gasteiger partial charge in [0.1, 0.15) is 0 Å². The standard InChI is InChI=1S/C7H13NO/c9-7-6-8-4-2-1-3-5-8/h2,4,9H,1,3,5-7H2. The minimum absolute atomic E-state index is 0.268. The number of aliphatic hydroxyl groups is 1. The van der Waals surface area contributed by atoms with E-state index in [1.54, 1.807) is 0 Å². The molecule has 1 aliphatic rings. The summed E-state index contributed by atoms with van der Waals surface area (Å²) < 4.78 is 0. The van der Waals surface area contributed by atoms with Crippen LogP contribution in [-0.2, 0) is 0 Å².